The van der Waals surface area contributed by atoms with Gasteiger partial charge in [0.2, 0.25) is 5.91 Å². The fourth-order valence-corrected chi connectivity index (χ4v) is 2.69. The first-order valence-electron chi connectivity index (χ1n) is 7.10. The molecule has 106 valence electrons. The molecule has 1 aromatic carbocycles. The summed E-state index contributed by atoms with van der Waals surface area (Å²) in [4.78, 5) is 14.2. The molecule has 1 unspecified atom stereocenters. The minimum absolute atomic E-state index is 0.136. The van der Waals surface area contributed by atoms with Gasteiger partial charge in [-0.3, -0.25) is 4.79 Å². The molecular weight excluding hydrogens is 252 g/mol. The Morgan fingerprint density at radius 1 is 1.40 bits per heavy atom. The van der Waals surface area contributed by atoms with E-state index in [4.69, 9.17) is 10.4 Å². The fraction of sp³-hybridized carbons (Fsp3) is 0.500. The predicted molar refractivity (Wildman–Crippen MR) is 75.9 cm³/mol. The number of benzene rings is 1. The number of aliphatic hydroxyl groups is 1. The standard InChI is InChI=1S/C16H20N2O2/c17-11-14-5-3-13(4-6-14)10-16(20)18-8-1-2-15(12-18)7-9-19/h3-6,15,19H,1-2,7-10,12H2. The van der Waals surface area contributed by atoms with Gasteiger partial charge in [0.15, 0.2) is 0 Å². The van der Waals surface area contributed by atoms with E-state index < -0.39 is 0 Å². The lowest BCUT2D eigenvalue weighted by molar-refractivity contribution is -0.132. The van der Waals surface area contributed by atoms with Crippen molar-refractivity contribution in [2.45, 2.75) is 25.7 Å². The Hall–Kier alpha value is -1.86. The van der Waals surface area contributed by atoms with Crippen molar-refractivity contribution < 1.29 is 9.90 Å². The third-order valence-electron chi connectivity index (χ3n) is 3.85. The molecule has 1 heterocycles. The number of piperidine rings is 1. The molecule has 0 aliphatic carbocycles. The van der Waals surface area contributed by atoms with E-state index in [0.29, 0.717) is 17.9 Å². The summed E-state index contributed by atoms with van der Waals surface area (Å²) in [5.74, 6) is 0.566. The molecule has 0 bridgehead atoms. The van der Waals surface area contributed by atoms with E-state index in [-0.39, 0.29) is 12.5 Å². The van der Waals surface area contributed by atoms with Crippen molar-refractivity contribution in [3.05, 3.63) is 35.4 Å². The molecule has 20 heavy (non-hydrogen) atoms. The van der Waals surface area contributed by atoms with Gasteiger partial charge in [0.1, 0.15) is 0 Å². The maximum Gasteiger partial charge on any atom is 0.226 e. The molecule has 0 saturated carbocycles. The van der Waals surface area contributed by atoms with E-state index in [1.54, 1.807) is 12.1 Å². The average molecular weight is 272 g/mol. The van der Waals surface area contributed by atoms with E-state index in [1.165, 1.54) is 0 Å². The highest BCUT2D eigenvalue weighted by atomic mass is 16.3. The van der Waals surface area contributed by atoms with Crippen molar-refractivity contribution in [2.75, 3.05) is 19.7 Å². The van der Waals surface area contributed by atoms with Gasteiger partial charge in [-0.25, -0.2) is 0 Å². The minimum Gasteiger partial charge on any atom is -0.396 e. The number of carbonyl (C=O) groups is 1. The second-order valence-corrected chi connectivity index (χ2v) is 5.35. The van der Waals surface area contributed by atoms with E-state index in [9.17, 15) is 4.79 Å². The normalized spacial score (nSPS) is 18.6. The van der Waals surface area contributed by atoms with Gasteiger partial charge in [0.25, 0.3) is 0 Å². The highest BCUT2D eigenvalue weighted by Crippen LogP contribution is 2.20. The first kappa shape index (κ1) is 14.5. The number of hydrogen-bond acceptors (Lipinski definition) is 3. The summed E-state index contributed by atoms with van der Waals surface area (Å²) in [6, 6.07) is 9.24. The van der Waals surface area contributed by atoms with Crippen molar-refractivity contribution in [2.24, 2.45) is 5.92 Å². The molecule has 4 nitrogen and oxygen atoms in total. The molecule has 0 radical (unpaired) electrons. The SMILES string of the molecule is N#Cc1ccc(CC(=O)N2CCCC(CCO)C2)cc1. The molecule has 1 atom stereocenters. The molecule has 2 rings (SSSR count). The van der Waals surface area contributed by atoms with Gasteiger partial charge in [0.05, 0.1) is 18.1 Å². The van der Waals surface area contributed by atoms with Crippen LogP contribution in [0.5, 0.6) is 0 Å². The molecule has 1 saturated heterocycles. The second kappa shape index (κ2) is 7.06. The van der Waals surface area contributed by atoms with Gasteiger partial charge in [-0.05, 0) is 42.9 Å². The molecule has 1 amide bonds. The number of rotatable bonds is 4. The Balaban J connectivity index is 1.92. The van der Waals surface area contributed by atoms with Crippen LogP contribution in [0, 0.1) is 17.2 Å². The largest absolute Gasteiger partial charge is 0.396 e. The Bertz CT molecular complexity index is 488. The molecule has 4 heteroatoms. The molecule has 1 N–H and O–H groups in total. The Kier molecular flexibility index (Phi) is 5.14. The topological polar surface area (TPSA) is 64.3 Å². The lowest BCUT2D eigenvalue weighted by atomic mass is 9.94. The smallest absolute Gasteiger partial charge is 0.226 e. The van der Waals surface area contributed by atoms with E-state index in [1.807, 2.05) is 17.0 Å². The third kappa shape index (κ3) is 3.82. The Morgan fingerprint density at radius 2 is 2.15 bits per heavy atom. The van der Waals surface area contributed by atoms with E-state index in [2.05, 4.69) is 6.07 Å². The average Bonchev–Trinajstić information content (AvgIpc) is 2.48. The van der Waals surface area contributed by atoms with Gasteiger partial charge in [-0.2, -0.15) is 5.26 Å². The number of carbonyl (C=O) groups excluding carboxylic acids is 1. The minimum atomic E-state index is 0.136. The second-order valence-electron chi connectivity index (χ2n) is 5.35. The number of aliphatic hydroxyl groups excluding tert-OH is 1. The van der Waals surface area contributed by atoms with Crippen molar-refractivity contribution in [1.82, 2.24) is 4.90 Å². The lowest BCUT2D eigenvalue weighted by Crippen LogP contribution is -2.40. The number of amides is 1. The maximum absolute atomic E-state index is 12.3. The number of nitrogens with zero attached hydrogens (tertiary/aromatic N) is 2. The molecular formula is C16H20N2O2. The lowest BCUT2D eigenvalue weighted by Gasteiger charge is -2.32. The van der Waals surface area contributed by atoms with Crippen molar-refractivity contribution in [3.63, 3.8) is 0 Å². The van der Waals surface area contributed by atoms with Crippen LogP contribution in [0.25, 0.3) is 0 Å². The van der Waals surface area contributed by atoms with Crippen molar-refractivity contribution >= 4 is 5.91 Å². The van der Waals surface area contributed by atoms with Crippen LogP contribution in [0.15, 0.2) is 24.3 Å². The third-order valence-corrected chi connectivity index (χ3v) is 3.85. The summed E-state index contributed by atoms with van der Waals surface area (Å²) in [5.41, 5.74) is 1.56. The van der Waals surface area contributed by atoms with Crippen LogP contribution < -0.4 is 0 Å². The summed E-state index contributed by atoms with van der Waals surface area (Å²) < 4.78 is 0. The van der Waals surface area contributed by atoms with E-state index >= 15 is 0 Å². The first-order chi connectivity index (χ1) is 9.72. The number of hydrogen-bond donors (Lipinski definition) is 1. The van der Waals surface area contributed by atoms with Gasteiger partial charge < -0.3 is 10.0 Å². The summed E-state index contributed by atoms with van der Waals surface area (Å²) in [6.45, 7) is 1.77. The zero-order chi connectivity index (χ0) is 14.4. The molecule has 0 aromatic heterocycles. The summed E-state index contributed by atoms with van der Waals surface area (Å²) in [6.07, 6.45) is 3.28. The summed E-state index contributed by atoms with van der Waals surface area (Å²) in [5, 5.41) is 17.7. The Labute approximate surface area is 119 Å². The number of likely N-dealkylation sites (tertiary alicyclic amines) is 1. The first-order valence-corrected chi connectivity index (χ1v) is 7.10. The molecule has 1 aromatic rings. The molecule has 1 fully saturated rings. The van der Waals surface area contributed by atoms with Gasteiger partial charge in [-0.1, -0.05) is 12.1 Å². The summed E-state index contributed by atoms with van der Waals surface area (Å²) >= 11 is 0. The van der Waals surface area contributed by atoms with Crippen molar-refractivity contribution in [1.29, 1.82) is 5.26 Å². The quantitative estimate of drug-likeness (QED) is 0.907. The molecule has 1 aliphatic heterocycles. The van der Waals surface area contributed by atoms with Crippen LogP contribution >= 0.6 is 0 Å². The molecule has 0 spiro atoms. The summed E-state index contributed by atoms with van der Waals surface area (Å²) in [7, 11) is 0. The van der Waals surface area contributed by atoms with Crippen LogP contribution in [0.2, 0.25) is 0 Å². The monoisotopic (exact) mass is 272 g/mol. The van der Waals surface area contributed by atoms with Crippen LogP contribution in [0.1, 0.15) is 30.4 Å². The maximum atomic E-state index is 12.3. The zero-order valence-corrected chi connectivity index (χ0v) is 11.6. The van der Waals surface area contributed by atoms with Gasteiger partial charge in [-0.15, -0.1) is 0 Å². The zero-order valence-electron chi connectivity index (χ0n) is 11.6. The van der Waals surface area contributed by atoms with Crippen molar-refractivity contribution in [3.8, 4) is 6.07 Å². The van der Waals surface area contributed by atoms with E-state index in [0.717, 1.165) is 37.9 Å². The highest BCUT2D eigenvalue weighted by Gasteiger charge is 2.23. The van der Waals surface area contributed by atoms with Crippen LogP contribution in [0.4, 0.5) is 0 Å². The van der Waals surface area contributed by atoms with Crippen LogP contribution in [0.3, 0.4) is 0 Å². The van der Waals surface area contributed by atoms with Crippen LogP contribution in [-0.4, -0.2) is 35.6 Å². The number of nitriles is 1. The van der Waals surface area contributed by atoms with Crippen LogP contribution in [-0.2, 0) is 11.2 Å². The highest BCUT2D eigenvalue weighted by molar-refractivity contribution is 5.78. The van der Waals surface area contributed by atoms with Gasteiger partial charge in [0, 0.05) is 19.7 Å². The Morgan fingerprint density at radius 3 is 2.80 bits per heavy atom. The predicted octanol–water partition coefficient (Wildman–Crippen LogP) is 1.72. The fourth-order valence-electron chi connectivity index (χ4n) is 2.69. The van der Waals surface area contributed by atoms with Gasteiger partial charge >= 0.3 is 0 Å². The molecule has 1 aliphatic rings.